The quantitative estimate of drug-likeness (QED) is 0.694. The maximum atomic E-state index is 13.1. The molecule has 0 unspecified atom stereocenters. The topological polar surface area (TPSA) is 65.2 Å². The van der Waals surface area contributed by atoms with Gasteiger partial charge in [-0.3, -0.25) is 4.98 Å². The summed E-state index contributed by atoms with van der Waals surface area (Å²) >= 11 is 4.48. The molecule has 2 N–H and O–H groups in total. The van der Waals surface area contributed by atoms with E-state index in [1.165, 1.54) is 17.4 Å². The summed E-state index contributed by atoms with van der Waals surface area (Å²) in [5.41, 5.74) is 7.15. The zero-order valence-electron chi connectivity index (χ0n) is 9.02. The first-order valence-electron chi connectivity index (χ1n) is 4.87. The molecule has 0 bridgehead atoms. The number of carbonyl (C=O) groups is 1. The number of esters is 1. The molecule has 18 heavy (non-hydrogen) atoms. The third kappa shape index (κ3) is 2.85. The number of hydrogen-bond acceptors (Lipinski definition) is 5. The summed E-state index contributed by atoms with van der Waals surface area (Å²) in [6, 6.07) is 2.38. The van der Waals surface area contributed by atoms with Crippen molar-refractivity contribution in [2.75, 3.05) is 5.73 Å². The molecule has 0 saturated heterocycles. The van der Waals surface area contributed by atoms with Gasteiger partial charge in [-0.1, -0.05) is 0 Å². The van der Waals surface area contributed by atoms with Crippen molar-refractivity contribution < 1.29 is 13.9 Å². The van der Waals surface area contributed by atoms with E-state index in [-0.39, 0.29) is 17.9 Å². The fourth-order valence-corrected chi connectivity index (χ4v) is 2.23. The minimum absolute atomic E-state index is 0.0945. The Morgan fingerprint density at radius 2 is 2.33 bits per heavy atom. The van der Waals surface area contributed by atoms with Gasteiger partial charge in [0, 0.05) is 10.7 Å². The van der Waals surface area contributed by atoms with E-state index in [9.17, 15) is 9.18 Å². The van der Waals surface area contributed by atoms with E-state index in [0.29, 0.717) is 4.47 Å². The molecule has 0 spiro atoms. The van der Waals surface area contributed by atoms with Crippen LogP contribution in [0.2, 0.25) is 0 Å². The molecular weight excluding hydrogens is 323 g/mol. The van der Waals surface area contributed by atoms with Crippen LogP contribution in [0.15, 0.2) is 28.3 Å². The third-order valence-electron chi connectivity index (χ3n) is 2.14. The van der Waals surface area contributed by atoms with E-state index in [4.69, 9.17) is 10.5 Å². The lowest BCUT2D eigenvalue weighted by Gasteiger charge is -2.06. The molecule has 1 aromatic carbocycles. The van der Waals surface area contributed by atoms with Crippen molar-refractivity contribution in [2.45, 2.75) is 6.61 Å². The summed E-state index contributed by atoms with van der Waals surface area (Å²) in [4.78, 5) is 16.5. The predicted molar refractivity (Wildman–Crippen MR) is 69.7 cm³/mol. The number of nitrogens with zero attached hydrogens (tertiary/aromatic N) is 1. The van der Waals surface area contributed by atoms with Crippen molar-refractivity contribution in [3.63, 3.8) is 0 Å². The molecule has 2 rings (SSSR count). The standard InChI is InChI=1S/C11H8BrFN2O2S/c12-8-2-9(13)10(14)1-7(8)11(16)17-4-6-3-15-5-18-6/h1-3,5H,4,14H2. The molecule has 0 radical (unpaired) electrons. The SMILES string of the molecule is Nc1cc(C(=O)OCc2cncs2)c(Br)cc1F. The summed E-state index contributed by atoms with van der Waals surface area (Å²) in [6.07, 6.45) is 1.62. The van der Waals surface area contributed by atoms with Gasteiger partial charge in [-0.25, -0.2) is 9.18 Å². The van der Waals surface area contributed by atoms with Crippen LogP contribution in [0, 0.1) is 5.82 Å². The molecule has 1 heterocycles. The molecule has 0 atom stereocenters. The fourth-order valence-electron chi connectivity index (χ4n) is 1.25. The predicted octanol–water partition coefficient (Wildman–Crippen LogP) is 2.98. The van der Waals surface area contributed by atoms with Crippen molar-refractivity contribution in [1.29, 1.82) is 0 Å². The molecule has 0 aliphatic rings. The van der Waals surface area contributed by atoms with Crippen LogP contribution in [0.25, 0.3) is 0 Å². The normalized spacial score (nSPS) is 10.3. The highest BCUT2D eigenvalue weighted by atomic mass is 79.9. The monoisotopic (exact) mass is 330 g/mol. The van der Waals surface area contributed by atoms with E-state index >= 15 is 0 Å². The molecule has 4 nitrogen and oxygen atoms in total. The van der Waals surface area contributed by atoms with E-state index in [1.807, 2.05) is 0 Å². The van der Waals surface area contributed by atoms with Crippen LogP contribution in [0.5, 0.6) is 0 Å². The van der Waals surface area contributed by atoms with Gasteiger partial charge in [0.25, 0.3) is 0 Å². The highest BCUT2D eigenvalue weighted by Crippen LogP contribution is 2.24. The highest BCUT2D eigenvalue weighted by molar-refractivity contribution is 9.10. The Hall–Kier alpha value is -1.47. The van der Waals surface area contributed by atoms with Crippen LogP contribution in [-0.4, -0.2) is 11.0 Å². The Balaban J connectivity index is 2.11. The Morgan fingerprint density at radius 1 is 1.56 bits per heavy atom. The molecule has 0 amide bonds. The molecule has 0 aliphatic carbocycles. The summed E-state index contributed by atoms with van der Waals surface area (Å²) in [5, 5.41) is 0. The summed E-state index contributed by atoms with van der Waals surface area (Å²) < 4.78 is 18.5. The van der Waals surface area contributed by atoms with Crippen LogP contribution in [0.4, 0.5) is 10.1 Å². The number of carbonyl (C=O) groups excluding carboxylic acids is 1. The molecular formula is C11H8BrFN2O2S. The van der Waals surface area contributed by atoms with Crippen LogP contribution in [0.3, 0.4) is 0 Å². The van der Waals surface area contributed by atoms with Crippen LogP contribution < -0.4 is 5.73 Å². The Labute approximate surface area is 115 Å². The average Bonchev–Trinajstić information content (AvgIpc) is 2.84. The van der Waals surface area contributed by atoms with Gasteiger partial charge in [0.05, 0.1) is 21.6 Å². The van der Waals surface area contributed by atoms with Gasteiger partial charge in [0.2, 0.25) is 0 Å². The van der Waals surface area contributed by atoms with Gasteiger partial charge in [0.1, 0.15) is 12.4 Å². The smallest absolute Gasteiger partial charge is 0.339 e. The third-order valence-corrected chi connectivity index (χ3v) is 3.54. The van der Waals surface area contributed by atoms with Crippen molar-refractivity contribution in [2.24, 2.45) is 0 Å². The minimum Gasteiger partial charge on any atom is -0.456 e. The van der Waals surface area contributed by atoms with Gasteiger partial charge < -0.3 is 10.5 Å². The number of rotatable bonds is 3. The number of benzene rings is 1. The van der Waals surface area contributed by atoms with Crippen LogP contribution in [0.1, 0.15) is 15.2 Å². The van der Waals surface area contributed by atoms with Crippen LogP contribution >= 0.6 is 27.3 Å². The number of nitrogens with two attached hydrogens (primary N) is 1. The molecule has 0 fully saturated rings. The second-order valence-electron chi connectivity index (χ2n) is 3.40. The zero-order chi connectivity index (χ0) is 13.1. The molecule has 1 aromatic heterocycles. The van der Waals surface area contributed by atoms with E-state index in [1.54, 1.807) is 11.7 Å². The first kappa shape index (κ1) is 13.0. The van der Waals surface area contributed by atoms with Crippen molar-refractivity contribution in [3.8, 4) is 0 Å². The number of thiazole rings is 1. The average molecular weight is 331 g/mol. The molecule has 0 saturated carbocycles. The lowest BCUT2D eigenvalue weighted by Crippen LogP contribution is -2.07. The Bertz CT molecular complexity index is 575. The first-order valence-corrected chi connectivity index (χ1v) is 6.54. The Kier molecular flexibility index (Phi) is 3.93. The van der Waals surface area contributed by atoms with Crippen molar-refractivity contribution >= 4 is 38.9 Å². The lowest BCUT2D eigenvalue weighted by molar-refractivity contribution is 0.0475. The largest absolute Gasteiger partial charge is 0.456 e. The summed E-state index contributed by atoms with van der Waals surface area (Å²) in [6.45, 7) is 0.132. The number of aromatic nitrogens is 1. The number of anilines is 1. The number of nitrogen functional groups attached to an aromatic ring is 1. The summed E-state index contributed by atoms with van der Waals surface area (Å²) in [5.74, 6) is -1.15. The molecule has 0 aliphatic heterocycles. The van der Waals surface area contributed by atoms with E-state index in [0.717, 1.165) is 10.9 Å². The van der Waals surface area contributed by atoms with Gasteiger partial charge in [-0.05, 0) is 28.1 Å². The van der Waals surface area contributed by atoms with Gasteiger partial charge >= 0.3 is 5.97 Å². The Morgan fingerprint density at radius 3 is 3.00 bits per heavy atom. The van der Waals surface area contributed by atoms with Gasteiger partial charge in [-0.15, -0.1) is 11.3 Å². The first-order chi connectivity index (χ1) is 8.58. The second-order valence-corrected chi connectivity index (χ2v) is 5.22. The van der Waals surface area contributed by atoms with E-state index in [2.05, 4.69) is 20.9 Å². The van der Waals surface area contributed by atoms with Crippen molar-refractivity contribution in [3.05, 3.63) is 44.6 Å². The maximum Gasteiger partial charge on any atom is 0.339 e. The van der Waals surface area contributed by atoms with Gasteiger partial charge in [0.15, 0.2) is 0 Å². The van der Waals surface area contributed by atoms with E-state index < -0.39 is 11.8 Å². The minimum atomic E-state index is -0.583. The second kappa shape index (κ2) is 5.45. The highest BCUT2D eigenvalue weighted by Gasteiger charge is 2.15. The van der Waals surface area contributed by atoms with Gasteiger partial charge in [-0.2, -0.15) is 0 Å². The van der Waals surface area contributed by atoms with Crippen LogP contribution in [-0.2, 0) is 11.3 Å². The van der Waals surface area contributed by atoms with Crippen molar-refractivity contribution in [1.82, 2.24) is 4.98 Å². The molecule has 2 aromatic rings. The number of ether oxygens (including phenoxy) is 1. The number of hydrogen-bond donors (Lipinski definition) is 1. The molecule has 7 heteroatoms. The maximum absolute atomic E-state index is 13.1. The zero-order valence-corrected chi connectivity index (χ0v) is 11.4. The fraction of sp³-hybridized carbons (Fsp3) is 0.0909. The summed E-state index contributed by atoms with van der Waals surface area (Å²) in [7, 11) is 0. The number of halogens is 2. The lowest BCUT2D eigenvalue weighted by atomic mass is 10.2. The molecule has 94 valence electrons.